The number of rotatable bonds is 4. The molecule has 2 amide bonds. The number of piperidine rings is 1. The summed E-state index contributed by atoms with van der Waals surface area (Å²) in [6.45, 7) is 3.28. The van der Waals surface area contributed by atoms with E-state index in [9.17, 15) is 32.9 Å². The normalized spacial score (nSPS) is 20.8. The molecule has 1 N–H and O–H groups in total. The van der Waals surface area contributed by atoms with Gasteiger partial charge in [0.1, 0.15) is 11.7 Å². The van der Waals surface area contributed by atoms with Gasteiger partial charge in [0.2, 0.25) is 11.8 Å². The van der Waals surface area contributed by atoms with Crippen LogP contribution in [0.25, 0.3) is 0 Å². The Kier molecular flexibility index (Phi) is 6.18. The molecule has 3 rings (SSSR count). The molecule has 11 heteroatoms. The van der Waals surface area contributed by atoms with Gasteiger partial charge in [0.05, 0.1) is 10.5 Å². The van der Waals surface area contributed by atoms with Crippen LogP contribution in [-0.2, 0) is 15.8 Å². The Morgan fingerprint density at radius 3 is 2.50 bits per heavy atom. The number of nitro benzene ring substituents is 1. The largest absolute Gasteiger partial charge is 0.416 e. The zero-order valence-electron chi connectivity index (χ0n) is 16.4. The maximum Gasteiger partial charge on any atom is 0.416 e. The summed E-state index contributed by atoms with van der Waals surface area (Å²) in [6, 6.07) is 1.99. The molecule has 0 bridgehead atoms. The Bertz CT molecular complexity index is 838. The third kappa shape index (κ3) is 4.34. The van der Waals surface area contributed by atoms with Gasteiger partial charge < -0.3 is 15.1 Å². The molecule has 1 unspecified atom stereocenters. The maximum atomic E-state index is 12.9. The Morgan fingerprint density at radius 1 is 1.27 bits per heavy atom. The fourth-order valence-corrected chi connectivity index (χ4v) is 4.10. The van der Waals surface area contributed by atoms with Gasteiger partial charge in [-0.1, -0.05) is 6.92 Å². The SMILES string of the molecule is CCC1C(=O)NCCN1C(=O)C1CCN(c2ccc(C(F)(F)F)cc2[N+](=O)[O-])CC1. The fourth-order valence-electron chi connectivity index (χ4n) is 4.10. The van der Waals surface area contributed by atoms with Crippen molar-refractivity contribution < 1.29 is 27.7 Å². The molecule has 8 nitrogen and oxygen atoms in total. The van der Waals surface area contributed by atoms with E-state index in [-0.39, 0.29) is 23.4 Å². The minimum absolute atomic E-state index is 0.113. The minimum Gasteiger partial charge on any atom is -0.366 e. The number of nitrogens with zero attached hydrogens (tertiary/aromatic N) is 3. The summed E-state index contributed by atoms with van der Waals surface area (Å²) in [7, 11) is 0. The highest BCUT2D eigenvalue weighted by Crippen LogP contribution is 2.38. The van der Waals surface area contributed by atoms with Crippen LogP contribution in [0, 0.1) is 16.0 Å². The van der Waals surface area contributed by atoms with Crippen molar-refractivity contribution in [3.05, 3.63) is 33.9 Å². The van der Waals surface area contributed by atoms with E-state index in [0.29, 0.717) is 51.5 Å². The second-order valence-corrected chi connectivity index (χ2v) is 7.47. The number of amides is 2. The Labute approximate surface area is 171 Å². The topological polar surface area (TPSA) is 95.8 Å². The Morgan fingerprint density at radius 2 is 1.93 bits per heavy atom. The number of nitrogens with one attached hydrogen (secondary N) is 1. The lowest BCUT2D eigenvalue weighted by Crippen LogP contribution is -2.58. The molecule has 30 heavy (non-hydrogen) atoms. The monoisotopic (exact) mass is 428 g/mol. The van der Waals surface area contributed by atoms with Gasteiger partial charge in [-0.3, -0.25) is 19.7 Å². The molecule has 2 fully saturated rings. The van der Waals surface area contributed by atoms with E-state index in [1.165, 1.54) is 0 Å². The highest BCUT2D eigenvalue weighted by Gasteiger charge is 2.38. The molecular weight excluding hydrogens is 405 g/mol. The average molecular weight is 428 g/mol. The number of alkyl halides is 3. The molecule has 1 aromatic carbocycles. The second-order valence-electron chi connectivity index (χ2n) is 7.47. The van der Waals surface area contributed by atoms with Gasteiger partial charge >= 0.3 is 6.18 Å². The van der Waals surface area contributed by atoms with Gasteiger partial charge in [-0.2, -0.15) is 13.2 Å². The quantitative estimate of drug-likeness (QED) is 0.588. The lowest BCUT2D eigenvalue weighted by molar-refractivity contribution is -0.384. The molecule has 1 atom stereocenters. The zero-order valence-corrected chi connectivity index (χ0v) is 16.4. The third-order valence-electron chi connectivity index (χ3n) is 5.68. The van der Waals surface area contributed by atoms with Crippen molar-refractivity contribution in [3.8, 4) is 0 Å². The van der Waals surface area contributed by atoms with Gasteiger partial charge in [0.25, 0.3) is 5.69 Å². The lowest BCUT2D eigenvalue weighted by atomic mass is 9.93. The van der Waals surface area contributed by atoms with Gasteiger partial charge in [-0.05, 0) is 31.4 Å². The molecule has 0 radical (unpaired) electrons. The Balaban J connectivity index is 1.72. The van der Waals surface area contributed by atoms with Crippen LogP contribution in [0.4, 0.5) is 24.5 Å². The van der Waals surface area contributed by atoms with Crippen molar-refractivity contribution in [2.45, 2.75) is 38.4 Å². The molecule has 164 valence electrons. The van der Waals surface area contributed by atoms with Crippen LogP contribution in [0.2, 0.25) is 0 Å². The van der Waals surface area contributed by atoms with Crippen LogP contribution in [-0.4, -0.2) is 53.9 Å². The zero-order chi connectivity index (χ0) is 22.1. The highest BCUT2D eigenvalue weighted by atomic mass is 19.4. The molecule has 0 aromatic heterocycles. The summed E-state index contributed by atoms with van der Waals surface area (Å²) in [5.41, 5.74) is -1.56. The number of hydrogen-bond donors (Lipinski definition) is 1. The van der Waals surface area contributed by atoms with Crippen LogP contribution in [0.3, 0.4) is 0 Å². The number of carbonyl (C=O) groups is 2. The van der Waals surface area contributed by atoms with Crippen LogP contribution < -0.4 is 10.2 Å². The molecule has 2 heterocycles. The number of piperazine rings is 1. The highest BCUT2D eigenvalue weighted by molar-refractivity contribution is 5.89. The van der Waals surface area contributed by atoms with E-state index in [1.807, 2.05) is 6.92 Å². The third-order valence-corrected chi connectivity index (χ3v) is 5.68. The molecule has 0 saturated carbocycles. The molecule has 2 saturated heterocycles. The number of carbonyl (C=O) groups excluding carboxylic acids is 2. The van der Waals surface area contributed by atoms with E-state index in [1.54, 1.807) is 9.80 Å². The number of nitro groups is 1. The van der Waals surface area contributed by atoms with E-state index >= 15 is 0 Å². The second kappa shape index (κ2) is 8.49. The number of halogens is 3. The summed E-state index contributed by atoms with van der Waals surface area (Å²) < 4.78 is 38.7. The summed E-state index contributed by atoms with van der Waals surface area (Å²) in [5.74, 6) is -0.608. The summed E-state index contributed by atoms with van der Waals surface area (Å²) >= 11 is 0. The molecule has 2 aliphatic rings. The van der Waals surface area contributed by atoms with E-state index < -0.39 is 28.4 Å². The van der Waals surface area contributed by atoms with Crippen molar-refractivity contribution in [1.29, 1.82) is 0 Å². The van der Waals surface area contributed by atoms with Crippen LogP contribution in [0.5, 0.6) is 0 Å². The van der Waals surface area contributed by atoms with Gasteiger partial charge in [-0.25, -0.2) is 0 Å². The average Bonchev–Trinajstić information content (AvgIpc) is 2.72. The molecule has 2 aliphatic heterocycles. The fraction of sp³-hybridized carbons (Fsp3) is 0.579. The Hall–Kier alpha value is -2.85. The van der Waals surface area contributed by atoms with Gasteiger partial charge in [0, 0.05) is 38.2 Å². The van der Waals surface area contributed by atoms with Crippen molar-refractivity contribution in [2.75, 3.05) is 31.1 Å². The molecule has 1 aromatic rings. The van der Waals surface area contributed by atoms with Crippen LogP contribution >= 0.6 is 0 Å². The summed E-state index contributed by atoms with van der Waals surface area (Å²) in [4.78, 5) is 38.7. The predicted octanol–water partition coefficient (Wildman–Crippen LogP) is 2.57. The summed E-state index contributed by atoms with van der Waals surface area (Å²) in [5, 5.41) is 14.1. The smallest absolute Gasteiger partial charge is 0.366 e. The first-order valence-corrected chi connectivity index (χ1v) is 9.82. The first kappa shape index (κ1) is 21.8. The first-order chi connectivity index (χ1) is 14.1. The van der Waals surface area contributed by atoms with Crippen molar-refractivity contribution >= 4 is 23.2 Å². The minimum atomic E-state index is -4.67. The number of anilines is 1. The predicted molar refractivity (Wildman–Crippen MR) is 102 cm³/mol. The van der Waals surface area contributed by atoms with E-state index in [4.69, 9.17) is 0 Å². The summed E-state index contributed by atoms with van der Waals surface area (Å²) in [6.07, 6.45) is -3.34. The van der Waals surface area contributed by atoms with Crippen molar-refractivity contribution in [3.63, 3.8) is 0 Å². The standard InChI is InChI=1S/C19H23F3N4O4/c1-2-14-17(27)23-7-10-25(14)18(28)12-5-8-24(9-6-12)15-4-3-13(19(20,21)22)11-16(15)26(29)30/h3-4,11-12,14H,2,5-10H2,1H3,(H,23,27). The lowest BCUT2D eigenvalue weighted by Gasteiger charge is -2.39. The van der Waals surface area contributed by atoms with Crippen molar-refractivity contribution in [1.82, 2.24) is 10.2 Å². The van der Waals surface area contributed by atoms with E-state index in [0.717, 1.165) is 12.1 Å². The molecule has 0 spiro atoms. The van der Waals surface area contributed by atoms with Gasteiger partial charge in [0.15, 0.2) is 0 Å². The van der Waals surface area contributed by atoms with Gasteiger partial charge in [-0.15, -0.1) is 0 Å². The number of hydrogen-bond acceptors (Lipinski definition) is 5. The maximum absolute atomic E-state index is 12.9. The molecular formula is C19H23F3N4O4. The number of benzene rings is 1. The van der Waals surface area contributed by atoms with Crippen LogP contribution in [0.1, 0.15) is 31.7 Å². The van der Waals surface area contributed by atoms with Crippen molar-refractivity contribution in [2.24, 2.45) is 5.92 Å². The molecule has 0 aliphatic carbocycles. The first-order valence-electron chi connectivity index (χ1n) is 9.82. The van der Waals surface area contributed by atoms with Crippen LogP contribution in [0.15, 0.2) is 18.2 Å². The van der Waals surface area contributed by atoms with E-state index in [2.05, 4.69) is 5.32 Å².